The second-order valence-electron chi connectivity index (χ2n) is 5.54. The van der Waals surface area contributed by atoms with Gasteiger partial charge < -0.3 is 10.1 Å². The Balaban J connectivity index is 1.75. The number of thiazole rings is 1. The van der Waals surface area contributed by atoms with Gasteiger partial charge in [0.2, 0.25) is 0 Å². The third-order valence-electron chi connectivity index (χ3n) is 3.70. The van der Waals surface area contributed by atoms with Gasteiger partial charge in [-0.2, -0.15) is 0 Å². The van der Waals surface area contributed by atoms with E-state index in [1.807, 2.05) is 11.3 Å². The van der Waals surface area contributed by atoms with Crippen molar-refractivity contribution in [3.05, 3.63) is 15.6 Å². The van der Waals surface area contributed by atoms with Crippen LogP contribution in [0.1, 0.15) is 48.2 Å². The predicted molar refractivity (Wildman–Crippen MR) is 69.3 cm³/mol. The fraction of sp³-hybridized carbons (Fsp3) is 0.769. The Hall–Kier alpha value is -0.450. The molecule has 1 heterocycles. The molecule has 3 nitrogen and oxygen atoms in total. The SMILES string of the molecule is COCc1nc(C2(C)CC2)sc1CNC1CC1. The van der Waals surface area contributed by atoms with Crippen LogP contribution in [-0.4, -0.2) is 18.1 Å². The topological polar surface area (TPSA) is 34.1 Å². The third kappa shape index (κ3) is 2.54. The Morgan fingerprint density at radius 1 is 1.47 bits per heavy atom. The van der Waals surface area contributed by atoms with Crippen molar-refractivity contribution in [2.75, 3.05) is 7.11 Å². The number of aromatic nitrogens is 1. The fourth-order valence-corrected chi connectivity index (χ4v) is 3.17. The molecule has 0 aromatic carbocycles. The first-order valence-corrected chi connectivity index (χ1v) is 7.24. The van der Waals surface area contributed by atoms with Crippen LogP contribution in [0.5, 0.6) is 0 Å². The summed E-state index contributed by atoms with van der Waals surface area (Å²) in [5.41, 5.74) is 1.53. The number of nitrogens with zero attached hydrogens (tertiary/aromatic N) is 1. The van der Waals surface area contributed by atoms with Gasteiger partial charge in [0, 0.05) is 30.0 Å². The van der Waals surface area contributed by atoms with E-state index in [1.54, 1.807) is 7.11 Å². The van der Waals surface area contributed by atoms with Crippen LogP contribution in [0.3, 0.4) is 0 Å². The summed E-state index contributed by atoms with van der Waals surface area (Å²) in [6, 6.07) is 0.757. The zero-order valence-electron chi connectivity index (χ0n) is 10.6. The summed E-state index contributed by atoms with van der Waals surface area (Å²) in [5, 5.41) is 4.89. The van der Waals surface area contributed by atoms with Gasteiger partial charge in [0.25, 0.3) is 0 Å². The number of hydrogen-bond donors (Lipinski definition) is 1. The number of hydrogen-bond acceptors (Lipinski definition) is 4. The lowest BCUT2D eigenvalue weighted by Crippen LogP contribution is -2.15. The van der Waals surface area contributed by atoms with Crippen LogP contribution in [-0.2, 0) is 23.3 Å². The predicted octanol–water partition coefficient (Wildman–Crippen LogP) is 2.59. The van der Waals surface area contributed by atoms with Gasteiger partial charge >= 0.3 is 0 Å². The molecule has 1 N–H and O–H groups in total. The average Bonchev–Trinajstić information content (AvgIpc) is 3.21. The fourth-order valence-electron chi connectivity index (χ4n) is 1.95. The second kappa shape index (κ2) is 4.34. The van der Waals surface area contributed by atoms with Crippen molar-refractivity contribution in [3.8, 4) is 0 Å². The van der Waals surface area contributed by atoms with Crippen LogP contribution in [0.25, 0.3) is 0 Å². The van der Waals surface area contributed by atoms with E-state index in [-0.39, 0.29) is 0 Å². The first-order valence-electron chi connectivity index (χ1n) is 6.43. The molecule has 0 spiro atoms. The van der Waals surface area contributed by atoms with E-state index in [4.69, 9.17) is 9.72 Å². The van der Waals surface area contributed by atoms with E-state index in [0.717, 1.165) is 18.3 Å². The van der Waals surface area contributed by atoms with Crippen molar-refractivity contribution in [2.45, 2.75) is 57.2 Å². The van der Waals surface area contributed by atoms with Gasteiger partial charge in [0.1, 0.15) is 0 Å². The average molecular weight is 252 g/mol. The molecule has 0 atom stereocenters. The molecule has 0 aliphatic heterocycles. The first kappa shape index (κ1) is 11.6. The maximum Gasteiger partial charge on any atom is 0.0991 e. The molecular formula is C13H20N2OS. The molecule has 4 heteroatoms. The summed E-state index contributed by atoms with van der Waals surface area (Å²) in [5.74, 6) is 0. The molecule has 1 aromatic heterocycles. The number of nitrogens with one attached hydrogen (secondary N) is 1. The van der Waals surface area contributed by atoms with Gasteiger partial charge in [-0.25, -0.2) is 4.98 Å². The van der Waals surface area contributed by atoms with E-state index >= 15 is 0 Å². The Labute approximate surface area is 107 Å². The van der Waals surface area contributed by atoms with Crippen LogP contribution >= 0.6 is 11.3 Å². The van der Waals surface area contributed by atoms with Crippen molar-refractivity contribution in [1.82, 2.24) is 10.3 Å². The van der Waals surface area contributed by atoms with E-state index in [0.29, 0.717) is 12.0 Å². The highest BCUT2D eigenvalue weighted by atomic mass is 32.1. The lowest BCUT2D eigenvalue weighted by Gasteiger charge is -2.02. The standard InChI is InChI=1S/C13H20N2OS/c1-13(5-6-13)12-15-10(8-16-2)11(17-12)7-14-9-3-4-9/h9,14H,3-8H2,1-2H3. The molecular weight excluding hydrogens is 232 g/mol. The van der Waals surface area contributed by atoms with Gasteiger partial charge in [0.05, 0.1) is 17.3 Å². The molecule has 0 radical (unpaired) electrons. The lowest BCUT2D eigenvalue weighted by molar-refractivity contribution is 0.181. The van der Waals surface area contributed by atoms with Crippen LogP contribution in [0.2, 0.25) is 0 Å². The molecule has 2 aliphatic rings. The number of methoxy groups -OCH3 is 1. The van der Waals surface area contributed by atoms with E-state index < -0.39 is 0 Å². The smallest absolute Gasteiger partial charge is 0.0991 e. The van der Waals surface area contributed by atoms with E-state index in [2.05, 4.69) is 12.2 Å². The Bertz CT molecular complexity index is 408. The molecule has 2 fully saturated rings. The normalized spacial score (nSPS) is 21.8. The molecule has 17 heavy (non-hydrogen) atoms. The Morgan fingerprint density at radius 2 is 2.24 bits per heavy atom. The molecule has 0 bridgehead atoms. The molecule has 1 aromatic rings. The van der Waals surface area contributed by atoms with Gasteiger partial charge in [-0.15, -0.1) is 11.3 Å². The summed E-state index contributed by atoms with van der Waals surface area (Å²) in [6.07, 6.45) is 5.26. The maximum absolute atomic E-state index is 5.25. The van der Waals surface area contributed by atoms with E-state index in [9.17, 15) is 0 Å². The molecule has 3 rings (SSSR count). The van der Waals surface area contributed by atoms with Crippen molar-refractivity contribution in [3.63, 3.8) is 0 Å². The van der Waals surface area contributed by atoms with Gasteiger partial charge in [-0.3, -0.25) is 0 Å². The number of rotatable bonds is 6. The zero-order valence-corrected chi connectivity index (χ0v) is 11.4. The Kier molecular flexibility index (Phi) is 2.97. The van der Waals surface area contributed by atoms with Crippen LogP contribution in [0.15, 0.2) is 0 Å². The van der Waals surface area contributed by atoms with E-state index in [1.165, 1.54) is 35.6 Å². The maximum atomic E-state index is 5.25. The molecule has 0 amide bonds. The number of ether oxygens (including phenoxy) is 1. The molecule has 0 unspecified atom stereocenters. The minimum atomic E-state index is 0.380. The minimum absolute atomic E-state index is 0.380. The lowest BCUT2D eigenvalue weighted by atomic mass is 10.2. The van der Waals surface area contributed by atoms with Crippen molar-refractivity contribution in [2.24, 2.45) is 0 Å². The van der Waals surface area contributed by atoms with Crippen LogP contribution in [0.4, 0.5) is 0 Å². The van der Waals surface area contributed by atoms with Crippen LogP contribution < -0.4 is 5.32 Å². The highest BCUT2D eigenvalue weighted by Crippen LogP contribution is 2.49. The highest BCUT2D eigenvalue weighted by Gasteiger charge is 2.42. The van der Waals surface area contributed by atoms with Crippen molar-refractivity contribution < 1.29 is 4.74 Å². The molecule has 2 aliphatic carbocycles. The largest absolute Gasteiger partial charge is 0.378 e. The van der Waals surface area contributed by atoms with Gasteiger partial charge in [-0.1, -0.05) is 6.92 Å². The summed E-state index contributed by atoms with van der Waals surface area (Å²) in [4.78, 5) is 6.16. The monoisotopic (exact) mass is 252 g/mol. The summed E-state index contributed by atoms with van der Waals surface area (Å²) in [6.45, 7) is 3.94. The van der Waals surface area contributed by atoms with Gasteiger partial charge in [-0.05, 0) is 25.7 Å². The Morgan fingerprint density at radius 3 is 2.82 bits per heavy atom. The summed E-state index contributed by atoms with van der Waals surface area (Å²) in [7, 11) is 1.75. The first-order chi connectivity index (χ1) is 8.21. The molecule has 2 saturated carbocycles. The van der Waals surface area contributed by atoms with Crippen molar-refractivity contribution >= 4 is 11.3 Å². The minimum Gasteiger partial charge on any atom is -0.378 e. The summed E-state index contributed by atoms with van der Waals surface area (Å²) < 4.78 is 5.25. The zero-order chi connectivity index (χ0) is 11.9. The molecule has 0 saturated heterocycles. The van der Waals surface area contributed by atoms with Gasteiger partial charge in [0.15, 0.2) is 0 Å². The second-order valence-corrected chi connectivity index (χ2v) is 6.62. The van der Waals surface area contributed by atoms with Crippen molar-refractivity contribution in [1.29, 1.82) is 0 Å². The third-order valence-corrected chi connectivity index (χ3v) is 5.11. The quantitative estimate of drug-likeness (QED) is 0.845. The molecule has 94 valence electrons. The summed E-state index contributed by atoms with van der Waals surface area (Å²) >= 11 is 1.89. The van der Waals surface area contributed by atoms with Crippen LogP contribution in [0, 0.1) is 0 Å². The highest BCUT2D eigenvalue weighted by molar-refractivity contribution is 7.12.